The first-order valence-corrected chi connectivity index (χ1v) is 8.48. The SMILES string of the molecule is CCn1c(=NC(=O)C=Cc2ccccc2)sc2cccc(Cl)c21. The van der Waals surface area contributed by atoms with Gasteiger partial charge in [-0.25, -0.2) is 0 Å². The average molecular weight is 343 g/mol. The fourth-order valence-corrected chi connectivity index (χ4v) is 3.79. The Morgan fingerprint density at radius 3 is 2.74 bits per heavy atom. The van der Waals surface area contributed by atoms with Crippen molar-refractivity contribution < 1.29 is 4.79 Å². The van der Waals surface area contributed by atoms with Crippen LogP contribution in [0.15, 0.2) is 59.6 Å². The van der Waals surface area contributed by atoms with Crippen LogP contribution in [0.25, 0.3) is 16.3 Å². The van der Waals surface area contributed by atoms with Crippen LogP contribution in [0.1, 0.15) is 12.5 Å². The molecule has 0 aliphatic heterocycles. The number of aryl methyl sites for hydroxylation is 1. The number of halogens is 1. The summed E-state index contributed by atoms with van der Waals surface area (Å²) in [5.41, 5.74) is 1.90. The molecule has 0 saturated heterocycles. The Bertz CT molecular complexity index is 939. The third kappa shape index (κ3) is 3.44. The van der Waals surface area contributed by atoms with Crippen molar-refractivity contribution in [1.29, 1.82) is 0 Å². The summed E-state index contributed by atoms with van der Waals surface area (Å²) in [6.07, 6.45) is 3.25. The van der Waals surface area contributed by atoms with Gasteiger partial charge in [0.1, 0.15) is 0 Å². The van der Waals surface area contributed by atoms with Gasteiger partial charge in [0.2, 0.25) is 0 Å². The fraction of sp³-hybridized carbons (Fsp3) is 0.111. The molecule has 23 heavy (non-hydrogen) atoms. The van der Waals surface area contributed by atoms with E-state index in [1.165, 1.54) is 17.4 Å². The molecule has 3 aromatic rings. The second-order valence-electron chi connectivity index (χ2n) is 4.91. The van der Waals surface area contributed by atoms with Gasteiger partial charge in [-0.05, 0) is 30.7 Å². The predicted octanol–water partition coefficient (Wildman–Crippen LogP) is 4.52. The summed E-state index contributed by atoms with van der Waals surface area (Å²) >= 11 is 7.75. The zero-order valence-corrected chi connectivity index (χ0v) is 14.1. The number of thiazole rings is 1. The summed E-state index contributed by atoms with van der Waals surface area (Å²) in [5, 5.41) is 0.675. The first kappa shape index (κ1) is 15.7. The molecule has 1 aromatic heterocycles. The van der Waals surface area contributed by atoms with Gasteiger partial charge in [-0.1, -0.05) is 59.3 Å². The van der Waals surface area contributed by atoms with Crippen molar-refractivity contribution in [2.45, 2.75) is 13.5 Å². The number of nitrogens with zero attached hydrogens (tertiary/aromatic N) is 2. The molecule has 3 nitrogen and oxygen atoms in total. The fourth-order valence-electron chi connectivity index (χ4n) is 2.33. The van der Waals surface area contributed by atoms with E-state index in [9.17, 15) is 4.79 Å². The summed E-state index contributed by atoms with van der Waals surface area (Å²) < 4.78 is 2.99. The summed E-state index contributed by atoms with van der Waals surface area (Å²) in [5.74, 6) is -0.279. The van der Waals surface area contributed by atoms with Crippen molar-refractivity contribution >= 4 is 45.1 Å². The van der Waals surface area contributed by atoms with Crippen molar-refractivity contribution in [1.82, 2.24) is 4.57 Å². The van der Waals surface area contributed by atoms with Gasteiger partial charge in [-0.3, -0.25) is 4.79 Å². The second kappa shape index (κ2) is 6.94. The Morgan fingerprint density at radius 1 is 1.22 bits per heavy atom. The minimum atomic E-state index is -0.279. The van der Waals surface area contributed by atoms with Gasteiger partial charge in [0.25, 0.3) is 5.91 Å². The summed E-state index contributed by atoms with van der Waals surface area (Å²) in [6, 6.07) is 15.4. The Hall–Kier alpha value is -2.17. The van der Waals surface area contributed by atoms with Gasteiger partial charge in [0, 0.05) is 12.6 Å². The molecule has 0 N–H and O–H groups in total. The summed E-state index contributed by atoms with van der Waals surface area (Å²) in [7, 11) is 0. The highest BCUT2D eigenvalue weighted by atomic mass is 35.5. The van der Waals surface area contributed by atoms with Crippen molar-refractivity contribution in [3.05, 3.63) is 70.0 Å². The van der Waals surface area contributed by atoms with E-state index in [0.29, 0.717) is 16.4 Å². The number of para-hydroxylation sites is 1. The van der Waals surface area contributed by atoms with Crippen LogP contribution in [-0.2, 0) is 11.3 Å². The highest BCUT2D eigenvalue weighted by Crippen LogP contribution is 2.25. The third-order valence-corrected chi connectivity index (χ3v) is 4.74. The highest BCUT2D eigenvalue weighted by Gasteiger charge is 2.08. The lowest BCUT2D eigenvalue weighted by Gasteiger charge is -2.01. The summed E-state index contributed by atoms with van der Waals surface area (Å²) in [6.45, 7) is 2.72. The molecule has 0 aliphatic rings. The molecule has 2 aromatic carbocycles. The highest BCUT2D eigenvalue weighted by molar-refractivity contribution is 7.16. The Kier molecular flexibility index (Phi) is 4.74. The van der Waals surface area contributed by atoms with E-state index < -0.39 is 0 Å². The van der Waals surface area contributed by atoms with Crippen LogP contribution in [0, 0.1) is 0 Å². The van der Waals surface area contributed by atoms with Gasteiger partial charge < -0.3 is 4.57 Å². The quantitative estimate of drug-likeness (QED) is 0.644. The molecule has 0 fully saturated rings. The van der Waals surface area contributed by atoms with Gasteiger partial charge in [-0.15, -0.1) is 0 Å². The molecule has 0 unspecified atom stereocenters. The lowest BCUT2D eigenvalue weighted by Crippen LogP contribution is -2.15. The first-order valence-electron chi connectivity index (χ1n) is 7.28. The molecule has 0 saturated carbocycles. The predicted molar refractivity (Wildman–Crippen MR) is 96.5 cm³/mol. The number of hydrogen-bond acceptors (Lipinski definition) is 2. The molecule has 0 atom stereocenters. The van der Waals surface area contributed by atoms with Crippen LogP contribution in [0.2, 0.25) is 5.02 Å². The van der Waals surface area contributed by atoms with Crippen LogP contribution < -0.4 is 4.80 Å². The lowest BCUT2D eigenvalue weighted by molar-refractivity contribution is -0.113. The molecule has 1 heterocycles. The minimum Gasteiger partial charge on any atom is -0.315 e. The topological polar surface area (TPSA) is 34.4 Å². The van der Waals surface area contributed by atoms with Gasteiger partial charge in [-0.2, -0.15) is 4.99 Å². The number of carbonyl (C=O) groups is 1. The standard InChI is InChI=1S/C18H15ClN2OS/c1-2-21-17-14(19)9-6-10-15(17)23-18(21)20-16(22)12-11-13-7-4-3-5-8-13/h3-12H,2H2,1H3. The van der Waals surface area contributed by atoms with Crippen molar-refractivity contribution in [3.63, 3.8) is 0 Å². The molecular weight excluding hydrogens is 328 g/mol. The molecule has 1 amide bonds. The molecule has 5 heteroatoms. The maximum atomic E-state index is 12.1. The maximum Gasteiger partial charge on any atom is 0.272 e. The number of benzene rings is 2. The monoisotopic (exact) mass is 342 g/mol. The zero-order chi connectivity index (χ0) is 16.2. The van der Waals surface area contributed by atoms with Crippen molar-refractivity contribution in [2.75, 3.05) is 0 Å². The molecule has 0 spiro atoms. The molecule has 0 aliphatic carbocycles. The lowest BCUT2D eigenvalue weighted by atomic mass is 10.2. The minimum absolute atomic E-state index is 0.279. The molecular formula is C18H15ClN2OS. The van der Waals surface area contributed by atoms with Crippen LogP contribution in [0.3, 0.4) is 0 Å². The van der Waals surface area contributed by atoms with E-state index in [1.807, 2.05) is 60.0 Å². The van der Waals surface area contributed by atoms with Crippen molar-refractivity contribution in [2.24, 2.45) is 4.99 Å². The van der Waals surface area contributed by atoms with Gasteiger partial charge >= 0.3 is 0 Å². The van der Waals surface area contributed by atoms with E-state index in [-0.39, 0.29) is 5.91 Å². The number of hydrogen-bond donors (Lipinski definition) is 0. The van der Waals surface area contributed by atoms with Crippen LogP contribution in [0.5, 0.6) is 0 Å². The van der Waals surface area contributed by atoms with Gasteiger partial charge in [0.15, 0.2) is 4.80 Å². The number of amides is 1. The number of carbonyl (C=O) groups excluding carboxylic acids is 1. The third-order valence-electron chi connectivity index (χ3n) is 3.39. The number of rotatable bonds is 3. The average Bonchev–Trinajstić information content (AvgIpc) is 2.92. The smallest absolute Gasteiger partial charge is 0.272 e. The number of aromatic nitrogens is 1. The van der Waals surface area contributed by atoms with Crippen LogP contribution in [0.4, 0.5) is 0 Å². The van der Waals surface area contributed by atoms with Crippen molar-refractivity contribution in [3.8, 4) is 0 Å². The second-order valence-corrected chi connectivity index (χ2v) is 6.33. The van der Waals surface area contributed by atoms with E-state index in [2.05, 4.69) is 4.99 Å². The molecule has 0 bridgehead atoms. The largest absolute Gasteiger partial charge is 0.315 e. The Labute approximate surface area is 143 Å². The Morgan fingerprint density at radius 2 is 2.00 bits per heavy atom. The van der Waals surface area contributed by atoms with Crippen LogP contribution >= 0.6 is 22.9 Å². The molecule has 0 radical (unpaired) electrons. The zero-order valence-electron chi connectivity index (χ0n) is 12.6. The molecule has 3 rings (SSSR count). The Balaban J connectivity index is 1.99. The maximum absolute atomic E-state index is 12.1. The van der Waals surface area contributed by atoms with E-state index >= 15 is 0 Å². The van der Waals surface area contributed by atoms with E-state index in [1.54, 1.807) is 6.08 Å². The van der Waals surface area contributed by atoms with Gasteiger partial charge in [0.05, 0.1) is 15.2 Å². The van der Waals surface area contributed by atoms with E-state index in [0.717, 1.165) is 15.8 Å². The number of fused-ring (bicyclic) bond motifs is 1. The normalized spacial score (nSPS) is 12.3. The first-order chi connectivity index (χ1) is 11.2. The van der Waals surface area contributed by atoms with Crippen LogP contribution in [-0.4, -0.2) is 10.5 Å². The summed E-state index contributed by atoms with van der Waals surface area (Å²) in [4.78, 5) is 17.0. The molecule has 116 valence electrons. The van der Waals surface area contributed by atoms with E-state index in [4.69, 9.17) is 11.6 Å².